The quantitative estimate of drug-likeness (QED) is 0.867. The van der Waals surface area contributed by atoms with E-state index in [9.17, 15) is 13.2 Å². The summed E-state index contributed by atoms with van der Waals surface area (Å²) in [5, 5.41) is 0. The predicted octanol–water partition coefficient (Wildman–Crippen LogP) is 2.47. The first-order chi connectivity index (χ1) is 11.0. The Morgan fingerprint density at radius 2 is 1.78 bits per heavy atom. The van der Waals surface area contributed by atoms with E-state index in [1.165, 1.54) is 10.4 Å². The SMILES string of the molecule is COc1ccc(CN2CCC(=O)c3ccccc3S2(=O)=O)cc1. The van der Waals surface area contributed by atoms with Crippen molar-refractivity contribution in [3.8, 4) is 5.75 Å². The van der Waals surface area contributed by atoms with E-state index in [0.717, 1.165) is 5.56 Å². The molecule has 0 unspecified atom stereocenters. The van der Waals surface area contributed by atoms with Gasteiger partial charge in [-0.05, 0) is 23.8 Å². The van der Waals surface area contributed by atoms with E-state index in [-0.39, 0.29) is 35.8 Å². The van der Waals surface area contributed by atoms with E-state index in [4.69, 9.17) is 4.74 Å². The highest BCUT2D eigenvalue weighted by atomic mass is 32.2. The van der Waals surface area contributed by atoms with Gasteiger partial charge in [0.25, 0.3) is 0 Å². The standard InChI is InChI=1S/C17H17NO4S/c1-22-14-8-6-13(7-9-14)12-18-11-10-16(19)15-4-2-3-5-17(15)23(18,20)21/h2-9H,10-12H2,1H3. The second-order valence-corrected chi connectivity index (χ2v) is 7.26. The number of hydrogen-bond acceptors (Lipinski definition) is 4. The van der Waals surface area contributed by atoms with Crippen LogP contribution in [0.15, 0.2) is 53.4 Å². The van der Waals surface area contributed by atoms with Gasteiger partial charge in [-0.2, -0.15) is 4.31 Å². The molecule has 1 heterocycles. The Kier molecular flexibility index (Phi) is 4.19. The summed E-state index contributed by atoms with van der Waals surface area (Å²) in [6.07, 6.45) is 0.187. The Labute approximate surface area is 135 Å². The van der Waals surface area contributed by atoms with Gasteiger partial charge in [-0.25, -0.2) is 8.42 Å². The number of Topliss-reactive ketones (excluding diaryl/α,β-unsaturated/α-hetero) is 1. The smallest absolute Gasteiger partial charge is 0.244 e. The predicted molar refractivity (Wildman–Crippen MR) is 86.0 cm³/mol. The summed E-state index contributed by atoms with van der Waals surface area (Å²) in [5.41, 5.74) is 1.13. The molecule has 2 aromatic rings. The molecule has 0 saturated heterocycles. The second-order valence-electron chi connectivity index (χ2n) is 5.36. The second kappa shape index (κ2) is 6.14. The number of fused-ring (bicyclic) bond motifs is 1. The third-order valence-corrected chi connectivity index (χ3v) is 5.81. The highest BCUT2D eigenvalue weighted by Crippen LogP contribution is 2.27. The normalized spacial score (nSPS) is 17.3. The van der Waals surface area contributed by atoms with Crippen LogP contribution in [-0.2, 0) is 16.6 Å². The molecule has 120 valence electrons. The molecule has 1 aliphatic rings. The summed E-state index contributed by atoms with van der Waals surface area (Å²) in [6, 6.07) is 13.6. The minimum absolute atomic E-state index is 0.0935. The molecule has 0 spiro atoms. The number of rotatable bonds is 3. The lowest BCUT2D eigenvalue weighted by molar-refractivity contribution is 0.0976. The van der Waals surface area contributed by atoms with E-state index < -0.39 is 10.0 Å². The summed E-state index contributed by atoms with van der Waals surface area (Å²) < 4.78 is 32.2. The first-order valence-corrected chi connectivity index (χ1v) is 8.71. The molecule has 0 fully saturated rings. The fourth-order valence-electron chi connectivity index (χ4n) is 2.64. The van der Waals surface area contributed by atoms with Crippen LogP contribution in [0.25, 0.3) is 0 Å². The summed E-state index contributed by atoms with van der Waals surface area (Å²) >= 11 is 0. The lowest BCUT2D eigenvalue weighted by atomic mass is 10.1. The average molecular weight is 331 g/mol. The zero-order valence-corrected chi connectivity index (χ0v) is 13.5. The molecule has 0 N–H and O–H groups in total. The van der Waals surface area contributed by atoms with Gasteiger partial charge in [0.2, 0.25) is 10.0 Å². The maximum atomic E-state index is 12.8. The van der Waals surface area contributed by atoms with Crippen molar-refractivity contribution < 1.29 is 17.9 Å². The molecule has 0 aromatic heterocycles. The Balaban J connectivity index is 1.95. The van der Waals surface area contributed by atoms with E-state index in [0.29, 0.717) is 5.75 Å². The molecule has 23 heavy (non-hydrogen) atoms. The molecular weight excluding hydrogens is 314 g/mol. The van der Waals surface area contributed by atoms with E-state index >= 15 is 0 Å². The lowest BCUT2D eigenvalue weighted by Gasteiger charge is -2.20. The average Bonchev–Trinajstić information content (AvgIpc) is 2.66. The number of benzene rings is 2. The molecule has 2 aromatic carbocycles. The lowest BCUT2D eigenvalue weighted by Crippen LogP contribution is -2.30. The van der Waals surface area contributed by atoms with Gasteiger partial charge >= 0.3 is 0 Å². The number of hydrogen-bond donors (Lipinski definition) is 0. The molecule has 3 rings (SSSR count). The van der Waals surface area contributed by atoms with Crippen LogP contribution < -0.4 is 4.74 Å². The Morgan fingerprint density at radius 1 is 1.09 bits per heavy atom. The highest BCUT2D eigenvalue weighted by Gasteiger charge is 2.32. The molecule has 0 radical (unpaired) electrons. The van der Waals surface area contributed by atoms with Gasteiger partial charge in [-0.1, -0.05) is 30.3 Å². The summed E-state index contributed by atoms with van der Waals surface area (Å²) in [6.45, 7) is 0.413. The number of nitrogens with zero attached hydrogens (tertiary/aromatic N) is 1. The van der Waals surface area contributed by atoms with Crippen LogP contribution in [0.5, 0.6) is 5.75 Å². The molecule has 0 amide bonds. The van der Waals surface area contributed by atoms with E-state index in [2.05, 4.69) is 0 Å². The van der Waals surface area contributed by atoms with Crippen molar-refractivity contribution in [2.45, 2.75) is 17.9 Å². The summed E-state index contributed by atoms with van der Waals surface area (Å²) in [7, 11) is -2.10. The van der Waals surface area contributed by atoms with Crippen molar-refractivity contribution in [2.24, 2.45) is 0 Å². The van der Waals surface area contributed by atoms with E-state index in [1.807, 2.05) is 12.1 Å². The van der Waals surface area contributed by atoms with Crippen molar-refractivity contribution in [1.29, 1.82) is 0 Å². The Morgan fingerprint density at radius 3 is 2.48 bits per heavy atom. The maximum Gasteiger partial charge on any atom is 0.244 e. The monoisotopic (exact) mass is 331 g/mol. The zero-order chi connectivity index (χ0) is 16.4. The molecular formula is C17H17NO4S. The third-order valence-electron chi connectivity index (χ3n) is 3.91. The molecule has 6 heteroatoms. The number of methoxy groups -OCH3 is 1. The van der Waals surface area contributed by atoms with Gasteiger partial charge in [-0.3, -0.25) is 4.79 Å². The fraction of sp³-hybridized carbons (Fsp3) is 0.235. The van der Waals surface area contributed by atoms with Crippen LogP contribution in [0.1, 0.15) is 22.3 Å². The number of carbonyl (C=O) groups is 1. The first kappa shape index (κ1) is 15.7. The molecule has 0 bridgehead atoms. The Bertz CT molecular complexity index is 828. The zero-order valence-electron chi connectivity index (χ0n) is 12.7. The summed E-state index contributed by atoms with van der Waals surface area (Å²) in [5.74, 6) is 0.578. The van der Waals surface area contributed by atoms with Crippen LogP contribution >= 0.6 is 0 Å². The third kappa shape index (κ3) is 3.00. The summed E-state index contributed by atoms with van der Waals surface area (Å²) in [4.78, 5) is 12.3. The molecule has 5 nitrogen and oxygen atoms in total. The number of carbonyl (C=O) groups excluding carboxylic acids is 1. The topological polar surface area (TPSA) is 63.7 Å². The van der Waals surface area contributed by atoms with Gasteiger partial charge in [0, 0.05) is 25.1 Å². The minimum Gasteiger partial charge on any atom is -0.497 e. The maximum absolute atomic E-state index is 12.8. The van der Waals surface area contributed by atoms with Crippen molar-refractivity contribution in [1.82, 2.24) is 4.31 Å². The largest absolute Gasteiger partial charge is 0.497 e. The Hall–Kier alpha value is -2.18. The number of ketones is 1. The van der Waals surface area contributed by atoms with Gasteiger partial charge < -0.3 is 4.74 Å². The van der Waals surface area contributed by atoms with Crippen molar-refractivity contribution in [2.75, 3.05) is 13.7 Å². The van der Waals surface area contributed by atoms with Gasteiger partial charge in [0.15, 0.2) is 5.78 Å². The first-order valence-electron chi connectivity index (χ1n) is 7.27. The van der Waals surface area contributed by atoms with Crippen LogP contribution in [0.4, 0.5) is 0 Å². The molecule has 0 aliphatic carbocycles. The van der Waals surface area contributed by atoms with Crippen LogP contribution in [0.3, 0.4) is 0 Å². The number of ether oxygens (including phenoxy) is 1. The fourth-order valence-corrected chi connectivity index (χ4v) is 4.28. The van der Waals surface area contributed by atoms with Crippen molar-refractivity contribution in [3.63, 3.8) is 0 Å². The van der Waals surface area contributed by atoms with E-state index in [1.54, 1.807) is 37.4 Å². The van der Waals surface area contributed by atoms with Crippen molar-refractivity contribution >= 4 is 15.8 Å². The molecule has 1 aliphatic heterocycles. The molecule has 0 saturated carbocycles. The van der Waals surface area contributed by atoms with Crippen LogP contribution in [0.2, 0.25) is 0 Å². The van der Waals surface area contributed by atoms with Crippen LogP contribution in [-0.4, -0.2) is 32.2 Å². The number of sulfonamides is 1. The van der Waals surface area contributed by atoms with Gasteiger partial charge in [0.05, 0.1) is 12.0 Å². The van der Waals surface area contributed by atoms with Crippen molar-refractivity contribution in [3.05, 3.63) is 59.7 Å². The van der Waals surface area contributed by atoms with Gasteiger partial charge in [0.1, 0.15) is 5.75 Å². The highest BCUT2D eigenvalue weighted by molar-refractivity contribution is 7.89. The molecule has 0 atom stereocenters. The minimum atomic E-state index is -3.68. The van der Waals surface area contributed by atoms with Crippen LogP contribution in [0, 0.1) is 0 Å². The van der Waals surface area contributed by atoms with Gasteiger partial charge in [-0.15, -0.1) is 0 Å².